The van der Waals surface area contributed by atoms with Gasteiger partial charge in [-0.2, -0.15) is 5.10 Å². The fourth-order valence-corrected chi connectivity index (χ4v) is 1.51. The lowest BCUT2D eigenvalue weighted by Crippen LogP contribution is -2.20. The molecule has 0 radical (unpaired) electrons. The predicted octanol–water partition coefficient (Wildman–Crippen LogP) is 1.27. The van der Waals surface area contributed by atoms with Gasteiger partial charge in [0.15, 0.2) is 0 Å². The number of nitrogens with two attached hydrogens (primary N) is 2. The Balaban J connectivity index is 3.39. The number of aromatic nitrogens is 2. The maximum atomic E-state index is 11.3. The van der Waals surface area contributed by atoms with Crippen LogP contribution in [0, 0.1) is 0 Å². The average molecular weight is 210 g/mol. The summed E-state index contributed by atoms with van der Waals surface area (Å²) in [6.07, 6.45) is 0. The molecule has 1 amide bonds. The van der Waals surface area contributed by atoms with E-state index in [2.05, 4.69) is 5.10 Å². The Hall–Kier alpha value is -1.52. The van der Waals surface area contributed by atoms with Crippen molar-refractivity contribution in [3.05, 3.63) is 11.4 Å². The highest BCUT2D eigenvalue weighted by atomic mass is 16.1. The van der Waals surface area contributed by atoms with Crippen LogP contribution < -0.4 is 11.5 Å². The molecule has 84 valence electrons. The first-order valence-electron chi connectivity index (χ1n) is 5.03. The first-order valence-corrected chi connectivity index (χ1v) is 5.03. The van der Waals surface area contributed by atoms with E-state index in [-0.39, 0.29) is 12.0 Å². The normalized spacial score (nSPS) is 11.3. The molecule has 0 saturated carbocycles. The number of rotatable bonds is 3. The lowest BCUT2D eigenvalue weighted by Gasteiger charge is -2.08. The molecule has 0 atom stereocenters. The maximum absolute atomic E-state index is 11.3. The molecule has 0 aliphatic rings. The summed E-state index contributed by atoms with van der Waals surface area (Å²) in [7, 11) is 0. The first kappa shape index (κ1) is 11.6. The van der Waals surface area contributed by atoms with Crippen LogP contribution >= 0.6 is 0 Å². The SMILES string of the molecule is CC(C)c1nn(C(C)C)c(C(N)=O)c1N. The molecule has 0 unspecified atom stereocenters. The Labute approximate surface area is 89.4 Å². The molecular weight excluding hydrogens is 192 g/mol. The van der Waals surface area contributed by atoms with Gasteiger partial charge in [-0.3, -0.25) is 9.48 Å². The molecule has 15 heavy (non-hydrogen) atoms. The molecule has 1 aromatic rings. The molecule has 1 heterocycles. The molecule has 0 aliphatic heterocycles. The van der Waals surface area contributed by atoms with Crippen molar-refractivity contribution in [2.24, 2.45) is 5.73 Å². The molecule has 1 aromatic heterocycles. The molecule has 1 rings (SSSR count). The number of anilines is 1. The minimum absolute atomic E-state index is 0.0716. The minimum Gasteiger partial charge on any atom is -0.395 e. The largest absolute Gasteiger partial charge is 0.395 e. The number of carbonyl (C=O) groups is 1. The van der Waals surface area contributed by atoms with Gasteiger partial charge in [-0.25, -0.2) is 0 Å². The van der Waals surface area contributed by atoms with Crippen LogP contribution in [0.5, 0.6) is 0 Å². The molecule has 0 saturated heterocycles. The lowest BCUT2D eigenvalue weighted by atomic mass is 10.1. The minimum atomic E-state index is -0.527. The Morgan fingerprint density at radius 1 is 1.33 bits per heavy atom. The highest BCUT2D eigenvalue weighted by molar-refractivity contribution is 5.96. The highest BCUT2D eigenvalue weighted by Crippen LogP contribution is 2.26. The second kappa shape index (κ2) is 3.92. The van der Waals surface area contributed by atoms with E-state index in [1.807, 2.05) is 27.7 Å². The van der Waals surface area contributed by atoms with Gasteiger partial charge in [0, 0.05) is 6.04 Å². The van der Waals surface area contributed by atoms with E-state index in [9.17, 15) is 4.79 Å². The Morgan fingerprint density at radius 3 is 2.13 bits per heavy atom. The number of nitrogen functional groups attached to an aromatic ring is 1. The van der Waals surface area contributed by atoms with E-state index in [1.165, 1.54) is 0 Å². The van der Waals surface area contributed by atoms with E-state index >= 15 is 0 Å². The smallest absolute Gasteiger partial charge is 0.269 e. The number of hydrogen-bond acceptors (Lipinski definition) is 3. The quantitative estimate of drug-likeness (QED) is 0.787. The Kier molecular flexibility index (Phi) is 3.02. The highest BCUT2D eigenvalue weighted by Gasteiger charge is 2.22. The zero-order valence-electron chi connectivity index (χ0n) is 9.61. The first-order chi connectivity index (χ1) is 6.86. The number of amides is 1. The lowest BCUT2D eigenvalue weighted by molar-refractivity contribution is 0.0989. The van der Waals surface area contributed by atoms with Gasteiger partial charge in [-0.1, -0.05) is 13.8 Å². The van der Waals surface area contributed by atoms with Gasteiger partial charge in [-0.15, -0.1) is 0 Å². The molecule has 4 N–H and O–H groups in total. The van der Waals surface area contributed by atoms with Crippen LogP contribution in [0.1, 0.15) is 55.8 Å². The topological polar surface area (TPSA) is 86.9 Å². The number of primary amides is 1. The molecule has 5 nitrogen and oxygen atoms in total. The maximum Gasteiger partial charge on any atom is 0.269 e. The third-order valence-corrected chi connectivity index (χ3v) is 2.25. The van der Waals surface area contributed by atoms with Crippen molar-refractivity contribution in [1.29, 1.82) is 0 Å². The van der Waals surface area contributed by atoms with E-state index in [1.54, 1.807) is 4.68 Å². The van der Waals surface area contributed by atoms with Crippen molar-refractivity contribution in [1.82, 2.24) is 9.78 Å². The standard InChI is InChI=1S/C10H18N4O/c1-5(2)8-7(11)9(10(12)15)14(13-8)6(3)4/h5-6H,11H2,1-4H3,(H2,12,15). The summed E-state index contributed by atoms with van der Waals surface area (Å²) in [5.41, 5.74) is 12.6. The number of nitrogens with zero attached hydrogens (tertiary/aromatic N) is 2. The predicted molar refractivity (Wildman–Crippen MR) is 59.6 cm³/mol. The van der Waals surface area contributed by atoms with Crippen molar-refractivity contribution >= 4 is 11.6 Å². The van der Waals surface area contributed by atoms with Gasteiger partial charge in [0.25, 0.3) is 5.91 Å². The second-order valence-corrected chi connectivity index (χ2v) is 4.20. The van der Waals surface area contributed by atoms with E-state index < -0.39 is 5.91 Å². The van der Waals surface area contributed by atoms with Crippen LogP contribution in [0.3, 0.4) is 0 Å². The van der Waals surface area contributed by atoms with Gasteiger partial charge >= 0.3 is 0 Å². The molecule has 0 fully saturated rings. The number of hydrogen-bond donors (Lipinski definition) is 2. The van der Waals surface area contributed by atoms with Crippen LogP contribution in [0.15, 0.2) is 0 Å². The van der Waals surface area contributed by atoms with Crippen molar-refractivity contribution in [2.75, 3.05) is 5.73 Å². The van der Waals surface area contributed by atoms with E-state index in [0.29, 0.717) is 11.4 Å². The summed E-state index contributed by atoms with van der Waals surface area (Å²) < 4.78 is 1.59. The van der Waals surface area contributed by atoms with Crippen LogP contribution in [-0.2, 0) is 0 Å². The fourth-order valence-electron chi connectivity index (χ4n) is 1.51. The summed E-state index contributed by atoms with van der Waals surface area (Å²) >= 11 is 0. The third kappa shape index (κ3) is 1.95. The molecule has 0 aromatic carbocycles. The summed E-state index contributed by atoms with van der Waals surface area (Å²) in [5.74, 6) is -0.344. The monoisotopic (exact) mass is 210 g/mol. The van der Waals surface area contributed by atoms with Crippen LogP contribution in [-0.4, -0.2) is 15.7 Å². The molecule has 0 aliphatic carbocycles. The van der Waals surface area contributed by atoms with Gasteiger partial charge in [0.1, 0.15) is 5.69 Å². The van der Waals surface area contributed by atoms with Gasteiger partial charge < -0.3 is 11.5 Å². The van der Waals surface area contributed by atoms with Crippen LogP contribution in [0.25, 0.3) is 0 Å². The number of carbonyl (C=O) groups excluding carboxylic acids is 1. The van der Waals surface area contributed by atoms with E-state index in [4.69, 9.17) is 11.5 Å². The molecule has 5 heteroatoms. The third-order valence-electron chi connectivity index (χ3n) is 2.25. The van der Waals surface area contributed by atoms with Crippen molar-refractivity contribution < 1.29 is 4.79 Å². The molecule has 0 spiro atoms. The summed E-state index contributed by atoms with van der Waals surface area (Å²) in [5, 5.41) is 4.32. The summed E-state index contributed by atoms with van der Waals surface area (Å²) in [6.45, 7) is 7.83. The molecular formula is C10H18N4O. The average Bonchev–Trinajstić information content (AvgIpc) is 2.42. The van der Waals surface area contributed by atoms with Crippen LogP contribution in [0.4, 0.5) is 5.69 Å². The molecule has 0 bridgehead atoms. The zero-order chi connectivity index (χ0) is 11.7. The zero-order valence-corrected chi connectivity index (χ0v) is 9.61. The van der Waals surface area contributed by atoms with Gasteiger partial charge in [-0.05, 0) is 19.8 Å². The van der Waals surface area contributed by atoms with Crippen LogP contribution in [0.2, 0.25) is 0 Å². The fraction of sp³-hybridized carbons (Fsp3) is 0.600. The van der Waals surface area contributed by atoms with Gasteiger partial charge in [0.2, 0.25) is 0 Å². The van der Waals surface area contributed by atoms with Crippen molar-refractivity contribution in [3.63, 3.8) is 0 Å². The Morgan fingerprint density at radius 2 is 1.87 bits per heavy atom. The van der Waals surface area contributed by atoms with Gasteiger partial charge in [0.05, 0.1) is 11.4 Å². The second-order valence-electron chi connectivity index (χ2n) is 4.20. The van der Waals surface area contributed by atoms with E-state index in [0.717, 1.165) is 5.69 Å². The Bertz CT molecular complexity index is 379. The summed E-state index contributed by atoms with van der Waals surface area (Å²) in [4.78, 5) is 11.3. The van der Waals surface area contributed by atoms with Crippen molar-refractivity contribution in [3.8, 4) is 0 Å². The van der Waals surface area contributed by atoms with Crippen molar-refractivity contribution in [2.45, 2.75) is 39.7 Å². The summed E-state index contributed by atoms with van der Waals surface area (Å²) in [6, 6.07) is 0.0716.